The number of hydrogen-bond donors (Lipinski definition) is 0. The van der Waals surface area contributed by atoms with E-state index < -0.39 is 0 Å². The summed E-state index contributed by atoms with van der Waals surface area (Å²) in [5.41, 5.74) is 1.60. The summed E-state index contributed by atoms with van der Waals surface area (Å²) in [5, 5.41) is 0. The lowest BCUT2D eigenvalue weighted by atomic mass is 9.63. The van der Waals surface area contributed by atoms with Crippen molar-refractivity contribution in [2.24, 2.45) is 5.41 Å². The van der Waals surface area contributed by atoms with Crippen LogP contribution in [0.25, 0.3) is 0 Å². The molecule has 1 amide bonds. The summed E-state index contributed by atoms with van der Waals surface area (Å²) in [6.45, 7) is 1.95. The second kappa shape index (κ2) is 4.84. The third-order valence-corrected chi connectivity index (χ3v) is 6.77. The molecule has 21 heavy (non-hydrogen) atoms. The van der Waals surface area contributed by atoms with Crippen molar-refractivity contribution in [1.82, 2.24) is 4.90 Å². The van der Waals surface area contributed by atoms with Crippen LogP contribution in [0.15, 0.2) is 28.7 Å². The molecule has 1 saturated heterocycles. The number of hydrogen-bond acceptors (Lipinski definition) is 1. The van der Waals surface area contributed by atoms with Gasteiger partial charge < -0.3 is 4.90 Å². The van der Waals surface area contributed by atoms with Gasteiger partial charge in [-0.25, -0.2) is 0 Å². The Labute approximate surface area is 135 Å². The molecule has 1 aromatic rings. The Morgan fingerprint density at radius 1 is 1.00 bits per heavy atom. The molecule has 2 aliphatic carbocycles. The van der Waals surface area contributed by atoms with Gasteiger partial charge in [0.15, 0.2) is 0 Å². The van der Waals surface area contributed by atoms with Gasteiger partial charge in [0, 0.05) is 17.6 Å². The van der Waals surface area contributed by atoms with E-state index in [0.717, 1.165) is 30.4 Å². The topological polar surface area (TPSA) is 20.3 Å². The lowest BCUT2D eigenvalue weighted by Gasteiger charge is -2.46. The fourth-order valence-electron chi connectivity index (χ4n) is 4.14. The number of amides is 1. The highest BCUT2D eigenvalue weighted by atomic mass is 79.9. The highest BCUT2D eigenvalue weighted by molar-refractivity contribution is 9.10. The van der Waals surface area contributed by atoms with Crippen LogP contribution in [0.4, 0.5) is 0 Å². The molecule has 0 N–H and O–H groups in total. The van der Waals surface area contributed by atoms with E-state index in [4.69, 9.17) is 0 Å². The first-order valence-corrected chi connectivity index (χ1v) is 8.99. The maximum absolute atomic E-state index is 13.2. The fourth-order valence-corrected chi connectivity index (χ4v) is 4.81. The Morgan fingerprint density at radius 3 is 2.19 bits per heavy atom. The summed E-state index contributed by atoms with van der Waals surface area (Å²) in [5.74, 6) is 0.385. The van der Waals surface area contributed by atoms with E-state index >= 15 is 0 Å². The minimum absolute atomic E-state index is 0.242. The number of rotatable bonds is 2. The van der Waals surface area contributed by atoms with Crippen LogP contribution in [0.5, 0.6) is 0 Å². The van der Waals surface area contributed by atoms with Gasteiger partial charge in [0.25, 0.3) is 0 Å². The molecule has 1 aromatic carbocycles. The van der Waals surface area contributed by atoms with Crippen LogP contribution in [0.3, 0.4) is 0 Å². The summed E-state index contributed by atoms with van der Waals surface area (Å²) in [6.07, 6.45) is 8.43. The third kappa shape index (κ3) is 2.16. The predicted molar refractivity (Wildman–Crippen MR) is 87.2 cm³/mol. The standard InChI is InChI=1S/C18H22BrNO/c19-15-5-2-1-4-14(15)18(6-3-7-18)16(21)20-12-10-17(8-9-17)11-13-20/h1-2,4-5H,3,6-13H2. The van der Waals surface area contributed by atoms with Crippen molar-refractivity contribution in [3.63, 3.8) is 0 Å². The molecular weight excluding hydrogens is 326 g/mol. The molecule has 1 heterocycles. The molecule has 2 nitrogen and oxygen atoms in total. The van der Waals surface area contributed by atoms with E-state index in [1.165, 1.54) is 37.7 Å². The largest absolute Gasteiger partial charge is 0.342 e. The van der Waals surface area contributed by atoms with Gasteiger partial charge in [0.1, 0.15) is 0 Å². The van der Waals surface area contributed by atoms with Crippen molar-refractivity contribution < 1.29 is 4.79 Å². The second-order valence-corrected chi connectivity index (χ2v) is 8.06. The summed E-state index contributed by atoms with van der Waals surface area (Å²) >= 11 is 3.66. The molecule has 0 atom stereocenters. The number of halogens is 1. The molecule has 3 heteroatoms. The SMILES string of the molecule is O=C(N1CCC2(CC1)CC2)C1(c2ccccc2Br)CCC1. The molecule has 4 rings (SSSR count). The van der Waals surface area contributed by atoms with Crippen LogP contribution in [0.1, 0.15) is 50.5 Å². The molecule has 112 valence electrons. The zero-order chi connectivity index (χ0) is 14.5. The Balaban J connectivity index is 1.58. The fraction of sp³-hybridized carbons (Fsp3) is 0.611. The maximum Gasteiger partial charge on any atom is 0.233 e. The third-order valence-electron chi connectivity index (χ3n) is 6.07. The predicted octanol–water partition coefficient (Wildman–Crippen LogP) is 4.27. The van der Waals surface area contributed by atoms with E-state index in [-0.39, 0.29) is 5.41 Å². The van der Waals surface area contributed by atoms with Crippen molar-refractivity contribution in [2.45, 2.75) is 50.4 Å². The van der Waals surface area contributed by atoms with Crippen LogP contribution in [0, 0.1) is 5.41 Å². The Kier molecular flexibility index (Phi) is 3.18. The van der Waals surface area contributed by atoms with Gasteiger partial charge in [-0.1, -0.05) is 40.5 Å². The molecule has 1 spiro atoms. The first-order valence-electron chi connectivity index (χ1n) is 8.20. The molecular formula is C18H22BrNO. The van der Waals surface area contributed by atoms with E-state index in [1.54, 1.807) is 0 Å². The normalized spacial score (nSPS) is 25.5. The van der Waals surface area contributed by atoms with Gasteiger partial charge in [-0.2, -0.15) is 0 Å². The molecule has 0 radical (unpaired) electrons. The summed E-state index contributed by atoms with van der Waals surface area (Å²) in [4.78, 5) is 15.3. The monoisotopic (exact) mass is 347 g/mol. The number of likely N-dealkylation sites (tertiary alicyclic amines) is 1. The molecule has 0 bridgehead atoms. The van der Waals surface area contributed by atoms with Crippen LogP contribution < -0.4 is 0 Å². The van der Waals surface area contributed by atoms with Gasteiger partial charge in [0.05, 0.1) is 5.41 Å². The lowest BCUT2D eigenvalue weighted by Crippen LogP contribution is -2.53. The van der Waals surface area contributed by atoms with E-state index in [2.05, 4.69) is 39.0 Å². The van der Waals surface area contributed by atoms with Crippen molar-refractivity contribution in [1.29, 1.82) is 0 Å². The van der Waals surface area contributed by atoms with E-state index in [9.17, 15) is 4.79 Å². The molecule has 2 saturated carbocycles. The highest BCUT2D eigenvalue weighted by Gasteiger charge is 2.51. The van der Waals surface area contributed by atoms with Gasteiger partial charge in [-0.05, 0) is 55.6 Å². The number of carbonyl (C=O) groups is 1. The van der Waals surface area contributed by atoms with Gasteiger partial charge in [-0.3, -0.25) is 4.79 Å². The minimum Gasteiger partial charge on any atom is -0.342 e. The minimum atomic E-state index is -0.242. The van der Waals surface area contributed by atoms with Crippen LogP contribution in [0.2, 0.25) is 0 Å². The molecule has 3 fully saturated rings. The van der Waals surface area contributed by atoms with Gasteiger partial charge in [0.2, 0.25) is 5.91 Å². The van der Waals surface area contributed by atoms with Gasteiger partial charge in [-0.15, -0.1) is 0 Å². The Morgan fingerprint density at radius 2 is 1.67 bits per heavy atom. The first-order chi connectivity index (χ1) is 10.2. The number of nitrogens with zero attached hydrogens (tertiary/aromatic N) is 1. The maximum atomic E-state index is 13.2. The molecule has 3 aliphatic rings. The van der Waals surface area contributed by atoms with Crippen molar-refractivity contribution >= 4 is 21.8 Å². The van der Waals surface area contributed by atoms with Crippen LogP contribution in [-0.4, -0.2) is 23.9 Å². The summed E-state index contributed by atoms with van der Waals surface area (Å²) in [6, 6.07) is 8.29. The van der Waals surface area contributed by atoms with Gasteiger partial charge >= 0.3 is 0 Å². The smallest absolute Gasteiger partial charge is 0.233 e. The quantitative estimate of drug-likeness (QED) is 0.782. The molecule has 1 aliphatic heterocycles. The van der Waals surface area contributed by atoms with E-state index in [0.29, 0.717) is 11.3 Å². The number of benzene rings is 1. The zero-order valence-electron chi connectivity index (χ0n) is 12.4. The summed E-state index contributed by atoms with van der Waals surface area (Å²) in [7, 11) is 0. The Bertz CT molecular complexity index is 564. The molecule has 0 unspecified atom stereocenters. The van der Waals surface area contributed by atoms with Crippen molar-refractivity contribution in [3.05, 3.63) is 34.3 Å². The van der Waals surface area contributed by atoms with Crippen LogP contribution >= 0.6 is 15.9 Å². The average molecular weight is 348 g/mol. The lowest BCUT2D eigenvalue weighted by molar-refractivity contribution is -0.142. The van der Waals surface area contributed by atoms with Crippen LogP contribution in [-0.2, 0) is 10.2 Å². The highest BCUT2D eigenvalue weighted by Crippen LogP contribution is 2.54. The van der Waals surface area contributed by atoms with Crippen molar-refractivity contribution in [3.8, 4) is 0 Å². The van der Waals surface area contributed by atoms with Crippen molar-refractivity contribution in [2.75, 3.05) is 13.1 Å². The molecule has 0 aromatic heterocycles. The first kappa shape index (κ1) is 13.8. The Hall–Kier alpha value is -0.830. The summed E-state index contributed by atoms with van der Waals surface area (Å²) < 4.78 is 1.09. The average Bonchev–Trinajstić information content (AvgIpc) is 3.20. The zero-order valence-corrected chi connectivity index (χ0v) is 14.0. The number of piperidine rings is 1. The van der Waals surface area contributed by atoms with E-state index in [1.807, 2.05) is 6.07 Å². The second-order valence-electron chi connectivity index (χ2n) is 7.21. The number of carbonyl (C=O) groups excluding carboxylic acids is 1.